The zero-order valence-electron chi connectivity index (χ0n) is 23.5. The predicted molar refractivity (Wildman–Crippen MR) is 153 cm³/mol. The Bertz CT molecular complexity index is 402. The first kappa shape index (κ1) is 42.3. The summed E-state index contributed by atoms with van der Waals surface area (Å²) < 4.78 is 0. The summed E-state index contributed by atoms with van der Waals surface area (Å²) in [7, 11) is 0. The summed E-state index contributed by atoms with van der Waals surface area (Å²) in [4.78, 5) is 0. The molecule has 0 aromatic rings. The van der Waals surface area contributed by atoms with Gasteiger partial charge in [0, 0.05) is 62.0 Å². The van der Waals surface area contributed by atoms with E-state index in [1.807, 2.05) is 0 Å². The summed E-state index contributed by atoms with van der Waals surface area (Å²) >= 11 is 11.3. The molecule has 34 heavy (non-hydrogen) atoms. The van der Waals surface area contributed by atoms with Crippen molar-refractivity contribution in [1.82, 2.24) is 0 Å². The molecule has 206 valence electrons. The number of unbranched alkanes of at least 4 members (excludes halogenated alkanes) is 12. The summed E-state index contributed by atoms with van der Waals surface area (Å²) in [5.74, 6) is 9.98. The van der Waals surface area contributed by atoms with Gasteiger partial charge in [0.05, 0.1) is 0 Å². The molecule has 0 rings (SSSR count). The largest absolute Gasteiger partial charge is 0.127 e. The Morgan fingerprint density at radius 2 is 0.971 bits per heavy atom. The molecule has 0 spiro atoms. The van der Waals surface area contributed by atoms with Gasteiger partial charge in [0.2, 0.25) is 0 Å². The molecule has 0 aliphatic rings. The summed E-state index contributed by atoms with van der Waals surface area (Å²) in [6.45, 7) is 9.26. The maximum atomic E-state index is 5.64. The molecule has 2 atom stereocenters. The zero-order valence-corrected chi connectivity index (χ0v) is 29.0. The van der Waals surface area contributed by atoms with Crippen molar-refractivity contribution in [3.05, 3.63) is 0 Å². The molecule has 0 aromatic heterocycles. The van der Waals surface area contributed by atoms with Gasteiger partial charge in [-0.25, -0.2) is 0 Å². The molecule has 2 unspecified atom stereocenters. The topological polar surface area (TPSA) is 0 Å². The third-order valence-electron chi connectivity index (χ3n) is 6.19. The summed E-state index contributed by atoms with van der Waals surface area (Å²) in [5.41, 5.74) is 0. The maximum absolute atomic E-state index is 5.64. The van der Waals surface area contributed by atoms with Crippen LogP contribution in [-0.4, -0.2) is 11.8 Å². The normalized spacial score (nSPS) is 11.7. The smallest absolute Gasteiger partial charge is 0.0223 e. The quantitative estimate of drug-likeness (QED) is 0.0522. The Morgan fingerprint density at radius 1 is 0.559 bits per heavy atom. The first-order valence-corrected chi connectivity index (χ1v) is 15.3. The number of halogens is 2. The molecule has 0 fully saturated rings. The predicted octanol–water partition coefficient (Wildman–Crippen LogP) is 11.8. The fourth-order valence-electron chi connectivity index (χ4n) is 3.82. The van der Waals surface area contributed by atoms with Crippen molar-refractivity contribution in [2.45, 2.75) is 156 Å². The fraction of sp³-hybridized carbons (Fsp3) is 0.933. The van der Waals surface area contributed by atoms with Crippen LogP contribution >= 0.6 is 23.2 Å². The average Bonchev–Trinajstić information content (AvgIpc) is 2.80. The van der Waals surface area contributed by atoms with E-state index in [-0.39, 0.29) is 37.4 Å². The first-order valence-electron chi connectivity index (χ1n) is 14.2. The van der Waals surface area contributed by atoms with Crippen molar-refractivity contribution in [2.24, 2.45) is 11.8 Å². The molecule has 0 aliphatic heterocycles. The standard InChI is InChI=1S/C15H31Cl.C15H27Cl.Ni.Zn.H2/c2*1-3-4-12-15(2)13-10-8-6-5-7-9-11-14-16;;;/h15H,3-14H2,1-2H3;15H,3-7,9,11-14H2,1-2H3;;;1H. The Morgan fingerprint density at radius 3 is 1.47 bits per heavy atom. The second-order valence-electron chi connectivity index (χ2n) is 9.86. The van der Waals surface area contributed by atoms with Crippen molar-refractivity contribution in [3.8, 4) is 11.8 Å². The van der Waals surface area contributed by atoms with E-state index in [2.05, 4.69) is 39.5 Å². The molecule has 0 aliphatic carbocycles. The van der Waals surface area contributed by atoms with Crippen LogP contribution in [0.25, 0.3) is 0 Å². The van der Waals surface area contributed by atoms with Crippen molar-refractivity contribution in [2.75, 3.05) is 11.8 Å². The minimum Gasteiger partial charge on any atom is -0.127 e. The SMILES string of the molecule is CCCCC(C)CC#CCCCCCCCl.CCCCC(C)CCCCCCCCCCl.[HH].[Ni].[Zn]. The van der Waals surface area contributed by atoms with Crippen molar-refractivity contribution in [3.63, 3.8) is 0 Å². The van der Waals surface area contributed by atoms with Gasteiger partial charge < -0.3 is 0 Å². The van der Waals surface area contributed by atoms with Crippen LogP contribution in [0.1, 0.15) is 158 Å². The van der Waals surface area contributed by atoms with Gasteiger partial charge in [-0.3, -0.25) is 0 Å². The molecule has 0 nitrogen and oxygen atoms in total. The Hall–Kier alpha value is 1.26. The van der Waals surface area contributed by atoms with Gasteiger partial charge in [0.25, 0.3) is 0 Å². The van der Waals surface area contributed by atoms with Crippen LogP contribution < -0.4 is 0 Å². The van der Waals surface area contributed by atoms with E-state index in [4.69, 9.17) is 23.2 Å². The molecule has 0 amide bonds. The fourth-order valence-corrected chi connectivity index (χ4v) is 4.20. The van der Waals surface area contributed by atoms with E-state index in [1.54, 1.807) is 0 Å². The van der Waals surface area contributed by atoms with E-state index in [9.17, 15) is 0 Å². The van der Waals surface area contributed by atoms with Crippen LogP contribution in [0.3, 0.4) is 0 Å². The molecule has 0 aromatic carbocycles. The van der Waals surface area contributed by atoms with E-state index in [1.165, 1.54) is 109 Å². The number of rotatable bonds is 21. The minimum atomic E-state index is 0. The minimum absolute atomic E-state index is 0. The van der Waals surface area contributed by atoms with Gasteiger partial charge >= 0.3 is 0 Å². The first-order chi connectivity index (χ1) is 15.6. The number of hydrogen-bond donors (Lipinski definition) is 0. The van der Waals surface area contributed by atoms with Gasteiger partial charge in [-0.05, 0) is 37.5 Å². The van der Waals surface area contributed by atoms with Crippen molar-refractivity contribution in [1.29, 1.82) is 0 Å². The second kappa shape index (κ2) is 38.8. The van der Waals surface area contributed by atoms with Crippen LogP contribution in [0.15, 0.2) is 0 Å². The zero-order chi connectivity index (χ0) is 24.1. The van der Waals surface area contributed by atoms with Crippen LogP contribution in [-0.2, 0) is 36.0 Å². The van der Waals surface area contributed by atoms with Crippen LogP contribution in [0.4, 0.5) is 0 Å². The summed E-state index contributed by atoms with van der Waals surface area (Å²) in [6.07, 6.45) is 26.4. The van der Waals surface area contributed by atoms with Gasteiger partial charge in [-0.2, -0.15) is 0 Å². The van der Waals surface area contributed by atoms with Gasteiger partial charge in [-0.1, -0.05) is 118 Å². The maximum Gasteiger partial charge on any atom is 0.0223 e. The van der Waals surface area contributed by atoms with E-state index in [0.29, 0.717) is 0 Å². The number of hydrogen-bond acceptors (Lipinski definition) is 0. The van der Waals surface area contributed by atoms with Crippen molar-refractivity contribution >= 4 is 23.2 Å². The Kier molecular flexibility index (Phi) is 48.3. The molecule has 0 heterocycles. The average molecular weight is 616 g/mol. The summed E-state index contributed by atoms with van der Waals surface area (Å²) in [6, 6.07) is 0. The molecule has 0 N–H and O–H groups in total. The molecule has 0 saturated carbocycles. The van der Waals surface area contributed by atoms with E-state index >= 15 is 0 Å². The third-order valence-corrected chi connectivity index (χ3v) is 6.73. The van der Waals surface area contributed by atoms with E-state index in [0.717, 1.165) is 42.9 Å². The Balaban J connectivity index is -0.000000158. The van der Waals surface area contributed by atoms with Crippen molar-refractivity contribution < 1.29 is 37.4 Å². The molecule has 0 radical (unpaired) electrons. The molecular weight excluding hydrogens is 555 g/mol. The third kappa shape index (κ3) is 40.4. The summed E-state index contributed by atoms with van der Waals surface area (Å²) in [5, 5.41) is 0. The number of alkyl halides is 2. The van der Waals surface area contributed by atoms with E-state index < -0.39 is 0 Å². The second-order valence-corrected chi connectivity index (χ2v) is 10.6. The van der Waals surface area contributed by atoms with Gasteiger partial charge in [-0.15, -0.1) is 35.0 Å². The monoisotopic (exact) mass is 612 g/mol. The molecule has 0 saturated heterocycles. The molecular formula is C30H60Cl2NiZn. The van der Waals surface area contributed by atoms with Gasteiger partial charge in [0.1, 0.15) is 0 Å². The van der Waals surface area contributed by atoms with Crippen LogP contribution in [0.5, 0.6) is 0 Å². The van der Waals surface area contributed by atoms with Crippen LogP contribution in [0, 0.1) is 23.7 Å². The molecule has 4 heteroatoms. The van der Waals surface area contributed by atoms with Crippen LogP contribution in [0.2, 0.25) is 0 Å². The Labute approximate surface area is 250 Å². The van der Waals surface area contributed by atoms with Gasteiger partial charge in [0.15, 0.2) is 0 Å². The molecule has 0 bridgehead atoms.